The molecule has 0 atom stereocenters. The summed E-state index contributed by atoms with van der Waals surface area (Å²) < 4.78 is 15.9. The molecule has 0 bridgehead atoms. The van der Waals surface area contributed by atoms with E-state index >= 15 is 0 Å². The number of aryl methyl sites for hydroxylation is 2. The second-order valence-corrected chi connectivity index (χ2v) is 7.36. The van der Waals surface area contributed by atoms with Crippen molar-refractivity contribution in [1.29, 1.82) is 0 Å². The number of carbonyl (C=O) groups excluding carboxylic acids is 2. The molecule has 0 radical (unpaired) electrons. The number of aromatic nitrogens is 1. The number of rotatable bonds is 9. The van der Waals surface area contributed by atoms with Gasteiger partial charge in [-0.1, -0.05) is 35.0 Å². The third kappa shape index (κ3) is 6.58. The van der Waals surface area contributed by atoms with Crippen molar-refractivity contribution in [3.05, 3.63) is 81.7 Å². The summed E-state index contributed by atoms with van der Waals surface area (Å²) in [6, 6.07) is 14.0. The first-order valence-corrected chi connectivity index (χ1v) is 10.1. The molecular formula is C23H23ClN2O5. The van der Waals surface area contributed by atoms with E-state index in [9.17, 15) is 9.59 Å². The molecule has 31 heavy (non-hydrogen) atoms. The minimum absolute atomic E-state index is 0.274. The second-order valence-electron chi connectivity index (χ2n) is 6.92. The van der Waals surface area contributed by atoms with Gasteiger partial charge < -0.3 is 19.3 Å². The molecule has 0 aliphatic heterocycles. The van der Waals surface area contributed by atoms with Crippen molar-refractivity contribution in [2.75, 3.05) is 13.2 Å². The zero-order chi connectivity index (χ0) is 22.2. The number of amides is 1. The van der Waals surface area contributed by atoms with Crippen LogP contribution < -0.4 is 10.1 Å². The molecule has 1 heterocycles. The number of hydrogen-bond donors (Lipinski definition) is 1. The summed E-state index contributed by atoms with van der Waals surface area (Å²) in [5, 5.41) is 7.27. The van der Waals surface area contributed by atoms with E-state index in [1.807, 2.05) is 26.0 Å². The van der Waals surface area contributed by atoms with Crippen LogP contribution in [0.5, 0.6) is 5.75 Å². The Hall–Kier alpha value is -3.32. The van der Waals surface area contributed by atoms with Crippen LogP contribution >= 0.6 is 11.6 Å². The quantitative estimate of drug-likeness (QED) is 0.503. The minimum Gasteiger partial charge on any atom is -0.489 e. The summed E-state index contributed by atoms with van der Waals surface area (Å²) in [5.74, 6) is 0.223. The summed E-state index contributed by atoms with van der Waals surface area (Å²) in [6.45, 7) is 4.00. The van der Waals surface area contributed by atoms with Gasteiger partial charge in [-0.3, -0.25) is 4.79 Å². The maximum absolute atomic E-state index is 12.3. The molecule has 162 valence electrons. The summed E-state index contributed by atoms with van der Waals surface area (Å²) in [7, 11) is 0. The lowest BCUT2D eigenvalue weighted by atomic mass is 10.1. The van der Waals surface area contributed by atoms with Crippen molar-refractivity contribution in [3.8, 4) is 5.75 Å². The van der Waals surface area contributed by atoms with Gasteiger partial charge >= 0.3 is 5.97 Å². The Morgan fingerprint density at radius 2 is 1.90 bits per heavy atom. The zero-order valence-electron chi connectivity index (χ0n) is 17.3. The number of esters is 1. The highest BCUT2D eigenvalue weighted by atomic mass is 35.5. The standard InChI is InChI=1S/C23H23ClN2O5/c1-15-21(16(2)31-26-15)13-29-20-5-3-4-18(12-20)23(28)30-14-22(27)25-11-10-17-6-8-19(24)9-7-17/h3-9,12H,10-11,13-14H2,1-2H3,(H,25,27). The molecule has 2 aromatic carbocycles. The van der Waals surface area contributed by atoms with Gasteiger partial charge in [0.25, 0.3) is 5.91 Å². The van der Waals surface area contributed by atoms with E-state index in [0.29, 0.717) is 35.1 Å². The Kier molecular flexibility index (Phi) is 7.67. The lowest BCUT2D eigenvalue weighted by Gasteiger charge is -2.09. The number of halogens is 1. The van der Waals surface area contributed by atoms with E-state index in [1.54, 1.807) is 36.4 Å². The number of benzene rings is 2. The average Bonchev–Trinajstić information content (AvgIpc) is 3.09. The number of nitrogens with one attached hydrogen (secondary N) is 1. The lowest BCUT2D eigenvalue weighted by molar-refractivity contribution is -0.124. The van der Waals surface area contributed by atoms with Crippen molar-refractivity contribution in [3.63, 3.8) is 0 Å². The third-order valence-corrected chi connectivity index (χ3v) is 4.87. The molecule has 8 heteroatoms. The van der Waals surface area contributed by atoms with E-state index in [0.717, 1.165) is 16.8 Å². The van der Waals surface area contributed by atoms with Gasteiger partial charge in [-0.05, 0) is 56.2 Å². The molecule has 1 aromatic heterocycles. The molecule has 0 saturated heterocycles. The van der Waals surface area contributed by atoms with E-state index in [1.165, 1.54) is 0 Å². The van der Waals surface area contributed by atoms with Crippen molar-refractivity contribution < 1.29 is 23.6 Å². The molecule has 1 N–H and O–H groups in total. The van der Waals surface area contributed by atoms with Gasteiger partial charge in [0, 0.05) is 11.6 Å². The predicted octanol–water partition coefficient (Wildman–Crippen LogP) is 4.04. The van der Waals surface area contributed by atoms with Crippen LogP contribution in [0.1, 0.15) is 32.9 Å². The fourth-order valence-corrected chi connectivity index (χ4v) is 2.97. The van der Waals surface area contributed by atoms with Crippen LogP contribution in [0.4, 0.5) is 0 Å². The maximum atomic E-state index is 12.3. The number of carbonyl (C=O) groups is 2. The van der Waals surface area contributed by atoms with Crippen LogP contribution in [0.15, 0.2) is 53.1 Å². The van der Waals surface area contributed by atoms with Gasteiger partial charge in [0.15, 0.2) is 6.61 Å². The molecule has 0 fully saturated rings. The molecule has 3 aromatic rings. The summed E-state index contributed by atoms with van der Waals surface area (Å²) >= 11 is 5.85. The van der Waals surface area contributed by atoms with Crippen molar-refractivity contribution >= 4 is 23.5 Å². The highest BCUT2D eigenvalue weighted by Gasteiger charge is 2.13. The van der Waals surface area contributed by atoms with Crippen molar-refractivity contribution in [2.45, 2.75) is 26.9 Å². The first kappa shape index (κ1) is 22.4. The lowest BCUT2D eigenvalue weighted by Crippen LogP contribution is -2.30. The Morgan fingerprint density at radius 3 is 2.61 bits per heavy atom. The highest BCUT2D eigenvalue weighted by molar-refractivity contribution is 6.30. The Labute approximate surface area is 185 Å². The van der Waals surface area contributed by atoms with Crippen molar-refractivity contribution in [2.24, 2.45) is 0 Å². The number of nitrogens with zero attached hydrogens (tertiary/aromatic N) is 1. The van der Waals surface area contributed by atoms with E-state index in [2.05, 4.69) is 10.5 Å². The normalized spacial score (nSPS) is 10.5. The Morgan fingerprint density at radius 1 is 1.13 bits per heavy atom. The molecule has 1 amide bonds. The monoisotopic (exact) mass is 442 g/mol. The first-order chi connectivity index (χ1) is 14.9. The smallest absolute Gasteiger partial charge is 0.338 e. The molecule has 0 spiro atoms. The summed E-state index contributed by atoms with van der Waals surface area (Å²) in [5.41, 5.74) is 2.97. The van der Waals surface area contributed by atoms with Gasteiger partial charge in [0.05, 0.1) is 16.8 Å². The van der Waals surface area contributed by atoms with Gasteiger partial charge in [-0.15, -0.1) is 0 Å². The SMILES string of the molecule is Cc1noc(C)c1COc1cccc(C(=O)OCC(=O)NCCc2ccc(Cl)cc2)c1. The molecule has 0 saturated carbocycles. The van der Waals surface area contributed by atoms with Gasteiger partial charge in [0.2, 0.25) is 0 Å². The fourth-order valence-electron chi connectivity index (χ4n) is 2.84. The van der Waals surface area contributed by atoms with E-state index in [4.69, 9.17) is 25.6 Å². The average molecular weight is 443 g/mol. The van der Waals surface area contributed by atoms with E-state index in [-0.39, 0.29) is 19.1 Å². The Bertz CT molecular complexity index is 1030. The van der Waals surface area contributed by atoms with Crippen LogP contribution in [0.25, 0.3) is 0 Å². The molecule has 0 unspecified atom stereocenters. The van der Waals surface area contributed by atoms with Crippen LogP contribution in [0.3, 0.4) is 0 Å². The molecule has 0 aliphatic rings. The van der Waals surface area contributed by atoms with Crippen LogP contribution in [-0.4, -0.2) is 30.2 Å². The molecule has 3 rings (SSSR count). The van der Waals surface area contributed by atoms with Crippen molar-refractivity contribution in [1.82, 2.24) is 10.5 Å². The van der Waals surface area contributed by atoms with Gasteiger partial charge in [-0.2, -0.15) is 0 Å². The minimum atomic E-state index is -0.601. The molecule has 0 aliphatic carbocycles. The second kappa shape index (κ2) is 10.6. The van der Waals surface area contributed by atoms with E-state index < -0.39 is 5.97 Å². The van der Waals surface area contributed by atoms with Crippen LogP contribution in [-0.2, 0) is 22.6 Å². The molecular weight excluding hydrogens is 420 g/mol. The third-order valence-electron chi connectivity index (χ3n) is 4.62. The maximum Gasteiger partial charge on any atom is 0.338 e. The summed E-state index contributed by atoms with van der Waals surface area (Å²) in [4.78, 5) is 24.2. The predicted molar refractivity (Wildman–Crippen MR) is 115 cm³/mol. The first-order valence-electron chi connectivity index (χ1n) is 9.75. The molecule has 7 nitrogen and oxygen atoms in total. The number of hydrogen-bond acceptors (Lipinski definition) is 6. The van der Waals surface area contributed by atoms with Gasteiger partial charge in [-0.25, -0.2) is 4.79 Å². The summed E-state index contributed by atoms with van der Waals surface area (Å²) in [6.07, 6.45) is 0.654. The topological polar surface area (TPSA) is 90.7 Å². The largest absolute Gasteiger partial charge is 0.489 e. The number of ether oxygens (including phenoxy) is 2. The fraction of sp³-hybridized carbons (Fsp3) is 0.261. The van der Waals surface area contributed by atoms with Gasteiger partial charge in [0.1, 0.15) is 18.1 Å². The zero-order valence-corrected chi connectivity index (χ0v) is 18.1. The Balaban J connectivity index is 1.44. The van der Waals surface area contributed by atoms with Crippen LogP contribution in [0, 0.1) is 13.8 Å². The van der Waals surface area contributed by atoms with Crippen LogP contribution in [0.2, 0.25) is 5.02 Å². The highest BCUT2D eigenvalue weighted by Crippen LogP contribution is 2.19.